The second kappa shape index (κ2) is 8.22. The number of amides is 3. The number of nitrogens with zero attached hydrogens (tertiary/aromatic N) is 4. The monoisotopic (exact) mass is 453 g/mol. The molecule has 0 bridgehead atoms. The molecule has 1 atom stereocenters. The Kier molecular flexibility index (Phi) is 6.14. The Bertz CT molecular complexity index is 1020. The standard InChI is InChI=1S/C21H24F3N4O2S/c1-20(2,3)10-14-25-16-15(18(29)28(5)19(30)27(16)4)17(26-14)31-11-12-7-6-8-13(9-12)21(22,23)24/h6-9,15H,10-11H2,1-5H3/q+1. The van der Waals surface area contributed by atoms with E-state index < -0.39 is 29.6 Å². The van der Waals surface area contributed by atoms with E-state index in [1.54, 1.807) is 13.1 Å². The number of hydrogen-bond donors (Lipinski definition) is 0. The van der Waals surface area contributed by atoms with E-state index in [4.69, 9.17) is 0 Å². The smallest absolute Gasteiger partial charge is 0.255 e. The summed E-state index contributed by atoms with van der Waals surface area (Å²) in [5.41, 5.74) is -0.396. The first kappa shape index (κ1) is 23.2. The molecule has 166 valence electrons. The molecule has 2 heterocycles. The van der Waals surface area contributed by atoms with E-state index in [1.165, 1.54) is 29.5 Å². The first-order chi connectivity index (χ1) is 14.3. The highest BCUT2D eigenvalue weighted by Gasteiger charge is 2.49. The topological polar surface area (TPSA) is 65.1 Å². The molecule has 0 fully saturated rings. The van der Waals surface area contributed by atoms with Gasteiger partial charge >= 0.3 is 18.1 Å². The summed E-state index contributed by atoms with van der Waals surface area (Å²) in [6.45, 7) is 6.06. The van der Waals surface area contributed by atoms with Crippen molar-refractivity contribution in [2.24, 2.45) is 21.3 Å². The van der Waals surface area contributed by atoms with Crippen molar-refractivity contribution >= 4 is 40.4 Å². The minimum Gasteiger partial charge on any atom is -0.255 e. The van der Waals surface area contributed by atoms with Gasteiger partial charge in [-0.3, -0.25) is 4.79 Å². The van der Waals surface area contributed by atoms with Gasteiger partial charge in [-0.15, -0.1) is 11.8 Å². The molecule has 0 radical (unpaired) electrons. The van der Waals surface area contributed by atoms with Crippen molar-refractivity contribution < 1.29 is 27.3 Å². The third kappa shape index (κ3) is 5.06. The van der Waals surface area contributed by atoms with E-state index in [2.05, 4.69) is 9.98 Å². The molecule has 0 aliphatic carbocycles. The largest absolute Gasteiger partial charge is 0.445 e. The van der Waals surface area contributed by atoms with Gasteiger partial charge in [0.1, 0.15) is 5.04 Å². The summed E-state index contributed by atoms with van der Waals surface area (Å²) in [4.78, 5) is 35.3. The first-order valence-electron chi connectivity index (χ1n) is 9.65. The van der Waals surface area contributed by atoms with E-state index in [-0.39, 0.29) is 11.2 Å². The van der Waals surface area contributed by atoms with Gasteiger partial charge in [0.2, 0.25) is 5.84 Å². The number of aliphatic imine (C=N–C) groups is 2. The molecule has 0 N–H and O–H groups in total. The van der Waals surface area contributed by atoms with Crippen LogP contribution in [0.1, 0.15) is 38.3 Å². The van der Waals surface area contributed by atoms with Crippen LogP contribution in [0, 0.1) is 11.3 Å². The van der Waals surface area contributed by atoms with Gasteiger partial charge in [-0.2, -0.15) is 22.6 Å². The number of carbonyl (C=O) groups excluding carboxylic acids is 2. The fourth-order valence-corrected chi connectivity index (χ4v) is 4.32. The van der Waals surface area contributed by atoms with Crippen molar-refractivity contribution in [3.8, 4) is 0 Å². The maximum atomic E-state index is 13.0. The molecule has 3 amide bonds. The van der Waals surface area contributed by atoms with Crippen LogP contribution in [-0.4, -0.2) is 52.2 Å². The summed E-state index contributed by atoms with van der Waals surface area (Å²) >= 11 is 1.19. The SMILES string of the molecule is CN1C(=O)C2C(SCc3cccc(C(F)(F)F)c3)=NC(CC(C)(C)C)=NC2=[N+](C)C1=O. The zero-order chi connectivity index (χ0) is 23.1. The van der Waals surface area contributed by atoms with Gasteiger partial charge in [0.15, 0.2) is 5.92 Å². The number of urea groups is 1. The predicted molar refractivity (Wildman–Crippen MR) is 115 cm³/mol. The van der Waals surface area contributed by atoms with Crippen molar-refractivity contribution in [1.82, 2.24) is 4.90 Å². The van der Waals surface area contributed by atoms with Crippen LogP contribution in [0.5, 0.6) is 0 Å². The van der Waals surface area contributed by atoms with E-state index in [1.807, 2.05) is 20.8 Å². The van der Waals surface area contributed by atoms with Gasteiger partial charge in [-0.1, -0.05) is 44.0 Å². The number of benzene rings is 1. The molecule has 1 aromatic carbocycles. The molecule has 0 spiro atoms. The molecule has 10 heteroatoms. The number of fused-ring (bicyclic) bond motifs is 1. The molecular formula is C21H24F3N4O2S+. The minimum absolute atomic E-state index is 0.134. The van der Waals surface area contributed by atoms with E-state index in [0.717, 1.165) is 17.0 Å². The molecule has 31 heavy (non-hydrogen) atoms. The summed E-state index contributed by atoms with van der Waals surface area (Å²) in [5.74, 6) is -0.320. The fraction of sp³-hybridized carbons (Fsp3) is 0.476. The quantitative estimate of drug-likeness (QED) is 0.636. The third-order valence-corrected chi connectivity index (χ3v) is 5.91. The second-order valence-corrected chi connectivity index (χ2v) is 9.73. The fourth-order valence-electron chi connectivity index (χ4n) is 3.28. The highest BCUT2D eigenvalue weighted by molar-refractivity contribution is 8.13. The number of amidine groups is 2. The lowest BCUT2D eigenvalue weighted by Gasteiger charge is -2.27. The van der Waals surface area contributed by atoms with Crippen LogP contribution in [0.2, 0.25) is 0 Å². The highest BCUT2D eigenvalue weighted by atomic mass is 32.2. The average molecular weight is 454 g/mol. The van der Waals surface area contributed by atoms with E-state index in [0.29, 0.717) is 28.7 Å². The lowest BCUT2D eigenvalue weighted by atomic mass is 9.91. The van der Waals surface area contributed by atoms with Crippen LogP contribution >= 0.6 is 11.8 Å². The number of thioether (sulfide) groups is 1. The summed E-state index contributed by atoms with van der Waals surface area (Å²) in [5, 5.41) is 0.429. The Morgan fingerprint density at radius 2 is 1.84 bits per heavy atom. The maximum absolute atomic E-state index is 13.0. The van der Waals surface area contributed by atoms with Gasteiger partial charge in [-0.25, -0.2) is 9.79 Å². The number of carbonyl (C=O) groups is 2. The number of halogens is 3. The normalized spacial score (nSPS) is 20.0. The molecule has 2 aliphatic rings. The summed E-state index contributed by atoms with van der Waals surface area (Å²) in [7, 11) is 2.94. The van der Waals surface area contributed by atoms with Crippen LogP contribution in [-0.2, 0) is 16.7 Å². The van der Waals surface area contributed by atoms with Gasteiger partial charge in [-0.05, 0) is 17.0 Å². The molecule has 0 aromatic heterocycles. The van der Waals surface area contributed by atoms with Crippen LogP contribution in [0.15, 0.2) is 34.3 Å². The van der Waals surface area contributed by atoms with Gasteiger partial charge < -0.3 is 0 Å². The number of rotatable bonds is 3. The Labute approximate surface area is 182 Å². The second-order valence-electron chi connectivity index (χ2n) is 8.73. The highest BCUT2D eigenvalue weighted by Crippen LogP contribution is 2.32. The Hall–Kier alpha value is -2.49. The van der Waals surface area contributed by atoms with Crippen molar-refractivity contribution in [2.45, 2.75) is 39.1 Å². The Balaban J connectivity index is 1.96. The van der Waals surface area contributed by atoms with Crippen LogP contribution < -0.4 is 0 Å². The zero-order valence-electron chi connectivity index (χ0n) is 17.9. The summed E-state index contributed by atoms with van der Waals surface area (Å²) in [6, 6.07) is 4.59. The first-order valence-corrected chi connectivity index (χ1v) is 10.6. The van der Waals surface area contributed by atoms with Crippen LogP contribution in [0.3, 0.4) is 0 Å². The number of hydrogen-bond acceptors (Lipinski definition) is 5. The number of alkyl halides is 3. The number of imide groups is 1. The van der Waals surface area contributed by atoms with Crippen LogP contribution in [0.25, 0.3) is 0 Å². The molecule has 1 unspecified atom stereocenters. The van der Waals surface area contributed by atoms with Crippen molar-refractivity contribution in [3.63, 3.8) is 0 Å². The van der Waals surface area contributed by atoms with Crippen LogP contribution in [0.4, 0.5) is 18.0 Å². The summed E-state index contributed by atoms with van der Waals surface area (Å²) in [6.07, 6.45) is -3.91. The predicted octanol–water partition coefficient (Wildman–Crippen LogP) is 4.43. The zero-order valence-corrected chi connectivity index (χ0v) is 18.8. The molecule has 0 saturated carbocycles. The van der Waals surface area contributed by atoms with Gasteiger partial charge in [0.25, 0.3) is 5.84 Å². The van der Waals surface area contributed by atoms with E-state index >= 15 is 0 Å². The molecular weight excluding hydrogens is 429 g/mol. The maximum Gasteiger partial charge on any atom is 0.445 e. The van der Waals surface area contributed by atoms with Crippen molar-refractivity contribution in [1.29, 1.82) is 0 Å². The lowest BCUT2D eigenvalue weighted by Crippen LogP contribution is -2.54. The Morgan fingerprint density at radius 1 is 1.16 bits per heavy atom. The van der Waals surface area contributed by atoms with Gasteiger partial charge in [0.05, 0.1) is 19.7 Å². The molecule has 3 rings (SSSR count). The lowest BCUT2D eigenvalue weighted by molar-refractivity contribution is -0.407. The summed E-state index contributed by atoms with van der Waals surface area (Å²) < 4.78 is 40.4. The molecule has 6 nitrogen and oxygen atoms in total. The average Bonchev–Trinajstić information content (AvgIpc) is 2.67. The molecule has 2 aliphatic heterocycles. The Morgan fingerprint density at radius 3 is 2.45 bits per heavy atom. The van der Waals surface area contributed by atoms with Gasteiger partial charge in [0, 0.05) is 12.2 Å². The third-order valence-electron chi connectivity index (χ3n) is 4.81. The minimum atomic E-state index is -4.43. The molecule has 0 saturated heterocycles. The van der Waals surface area contributed by atoms with Crippen molar-refractivity contribution in [3.05, 3.63) is 35.4 Å². The van der Waals surface area contributed by atoms with E-state index in [9.17, 15) is 22.8 Å². The van der Waals surface area contributed by atoms with Crippen molar-refractivity contribution in [2.75, 3.05) is 14.1 Å². The molecule has 1 aromatic rings.